The van der Waals surface area contributed by atoms with Gasteiger partial charge in [-0.2, -0.15) is 0 Å². The Labute approximate surface area is 229 Å². The van der Waals surface area contributed by atoms with E-state index in [1.165, 1.54) is 30.2 Å². The van der Waals surface area contributed by atoms with Crippen molar-refractivity contribution in [3.63, 3.8) is 0 Å². The number of ether oxygens (including phenoxy) is 2. The lowest BCUT2D eigenvalue weighted by Gasteiger charge is -2.23. The van der Waals surface area contributed by atoms with E-state index >= 15 is 0 Å². The lowest BCUT2D eigenvalue weighted by atomic mass is 9.95. The molecule has 4 aromatic rings. The molecule has 1 saturated heterocycles. The first-order valence-corrected chi connectivity index (χ1v) is 13.5. The molecule has 0 radical (unpaired) electrons. The van der Waals surface area contributed by atoms with Gasteiger partial charge in [0.25, 0.3) is 5.78 Å². The summed E-state index contributed by atoms with van der Waals surface area (Å²) in [6.07, 6.45) is 3.11. The molecule has 1 aliphatic heterocycles. The molecule has 3 aromatic carbocycles. The fraction of sp³-hybridized carbons (Fsp3) is 0.233. The zero-order valence-electron chi connectivity index (χ0n) is 21.5. The highest BCUT2D eigenvalue weighted by Crippen LogP contribution is 2.44. The van der Waals surface area contributed by atoms with Crippen molar-refractivity contribution in [2.45, 2.75) is 32.2 Å². The summed E-state index contributed by atoms with van der Waals surface area (Å²) in [4.78, 5) is 32.6. The van der Waals surface area contributed by atoms with Gasteiger partial charge in [-0.1, -0.05) is 43.2 Å². The Morgan fingerprint density at radius 2 is 1.74 bits per heavy atom. The lowest BCUT2D eigenvalue weighted by Crippen LogP contribution is -2.29. The van der Waals surface area contributed by atoms with Gasteiger partial charge in [0, 0.05) is 5.56 Å². The molecule has 1 aliphatic rings. The maximum atomic E-state index is 13.9. The number of unbranched alkanes of at least 4 members (excludes halogenated alkanes) is 2. The Balaban J connectivity index is 1.59. The van der Waals surface area contributed by atoms with E-state index in [4.69, 9.17) is 9.47 Å². The van der Waals surface area contributed by atoms with Gasteiger partial charge in [0.1, 0.15) is 23.1 Å². The number of benzene rings is 3. The van der Waals surface area contributed by atoms with Crippen LogP contribution in [-0.4, -0.2) is 35.5 Å². The molecule has 39 heavy (non-hydrogen) atoms. The standard InChI is InChI=1S/C30H27FN2O5S/c1-3-4-5-16-38-22-13-6-18(7-14-22)26-25(27(34)19-8-11-21(37-2)12-9-19)28(35)29(36)33(26)30-32-23-15-10-20(31)17-24(23)39-30/h6-15,17,26,34H,3-5,16H2,1-2H3. The number of anilines is 1. The first kappa shape index (κ1) is 26.4. The molecule has 1 amide bonds. The minimum absolute atomic E-state index is 0.0628. The van der Waals surface area contributed by atoms with Crippen LogP contribution in [0.4, 0.5) is 9.52 Å². The smallest absolute Gasteiger partial charge is 0.301 e. The van der Waals surface area contributed by atoms with Crippen LogP contribution in [0.1, 0.15) is 43.4 Å². The van der Waals surface area contributed by atoms with Gasteiger partial charge in [-0.25, -0.2) is 9.37 Å². The normalized spacial score (nSPS) is 16.7. The number of aliphatic hydroxyl groups excluding tert-OH is 1. The SMILES string of the molecule is CCCCCOc1ccc(C2C(=C(O)c3ccc(OC)cc3)C(=O)C(=O)N2c2nc3ccc(F)cc3s2)cc1. The molecular formula is C30H27FN2O5S. The average molecular weight is 547 g/mol. The minimum atomic E-state index is -0.952. The van der Waals surface area contributed by atoms with Crippen LogP contribution in [0.15, 0.2) is 72.3 Å². The van der Waals surface area contributed by atoms with E-state index in [0.29, 0.717) is 39.4 Å². The van der Waals surface area contributed by atoms with Gasteiger partial charge in [0.2, 0.25) is 0 Å². The third-order valence-electron chi connectivity index (χ3n) is 6.57. The molecule has 1 fully saturated rings. The summed E-state index contributed by atoms with van der Waals surface area (Å²) in [6, 6.07) is 16.9. The van der Waals surface area contributed by atoms with E-state index < -0.39 is 23.5 Å². The highest BCUT2D eigenvalue weighted by Gasteiger charge is 2.48. The molecule has 7 nitrogen and oxygen atoms in total. The predicted molar refractivity (Wildman–Crippen MR) is 149 cm³/mol. The van der Waals surface area contributed by atoms with E-state index in [0.717, 1.165) is 30.6 Å². The predicted octanol–water partition coefficient (Wildman–Crippen LogP) is 6.64. The monoisotopic (exact) mass is 546 g/mol. The van der Waals surface area contributed by atoms with Crippen molar-refractivity contribution < 1.29 is 28.6 Å². The Morgan fingerprint density at radius 3 is 2.44 bits per heavy atom. The number of hydrogen-bond donors (Lipinski definition) is 1. The van der Waals surface area contributed by atoms with Crippen molar-refractivity contribution in [1.82, 2.24) is 4.98 Å². The summed E-state index contributed by atoms with van der Waals surface area (Å²) in [7, 11) is 1.53. The van der Waals surface area contributed by atoms with Crippen LogP contribution in [0.2, 0.25) is 0 Å². The number of halogens is 1. The molecule has 1 N–H and O–H groups in total. The molecule has 9 heteroatoms. The van der Waals surface area contributed by atoms with E-state index in [2.05, 4.69) is 11.9 Å². The second kappa shape index (κ2) is 11.2. The van der Waals surface area contributed by atoms with Crippen molar-refractivity contribution in [2.75, 3.05) is 18.6 Å². The largest absolute Gasteiger partial charge is 0.507 e. The number of nitrogens with zero attached hydrogens (tertiary/aromatic N) is 2. The molecule has 1 atom stereocenters. The number of amides is 1. The second-order valence-corrected chi connectivity index (χ2v) is 10.1. The van der Waals surface area contributed by atoms with Gasteiger partial charge >= 0.3 is 5.91 Å². The van der Waals surface area contributed by atoms with Crippen molar-refractivity contribution in [1.29, 1.82) is 0 Å². The number of Topliss-reactive ketones (excluding diaryl/α,β-unsaturated/α-hetero) is 1. The molecule has 5 rings (SSSR count). The van der Waals surface area contributed by atoms with Crippen LogP contribution in [0, 0.1) is 5.82 Å². The first-order chi connectivity index (χ1) is 18.9. The molecule has 200 valence electrons. The van der Waals surface area contributed by atoms with Crippen LogP contribution in [0.25, 0.3) is 16.0 Å². The Bertz CT molecular complexity index is 1550. The maximum Gasteiger partial charge on any atom is 0.301 e. The fourth-order valence-electron chi connectivity index (χ4n) is 4.53. The molecule has 0 aliphatic carbocycles. The third kappa shape index (κ3) is 5.22. The number of carbonyl (C=O) groups excluding carboxylic acids is 2. The Hall–Kier alpha value is -4.24. The minimum Gasteiger partial charge on any atom is -0.507 e. The zero-order valence-corrected chi connectivity index (χ0v) is 22.3. The van der Waals surface area contributed by atoms with Crippen molar-refractivity contribution in [3.05, 3.63) is 89.2 Å². The van der Waals surface area contributed by atoms with Gasteiger partial charge in [-0.15, -0.1) is 0 Å². The van der Waals surface area contributed by atoms with Crippen LogP contribution < -0.4 is 14.4 Å². The number of carbonyl (C=O) groups is 2. The molecule has 0 spiro atoms. The van der Waals surface area contributed by atoms with Gasteiger partial charge in [0.05, 0.1) is 35.5 Å². The molecule has 2 heterocycles. The number of ketones is 1. The summed E-state index contributed by atoms with van der Waals surface area (Å²) in [5, 5.41) is 11.5. The summed E-state index contributed by atoms with van der Waals surface area (Å²) in [5.74, 6) is -1.15. The molecule has 0 saturated carbocycles. The van der Waals surface area contributed by atoms with E-state index in [1.807, 2.05) is 0 Å². The molecule has 0 bridgehead atoms. The fourth-order valence-corrected chi connectivity index (χ4v) is 5.54. The van der Waals surface area contributed by atoms with E-state index in [-0.39, 0.29) is 16.5 Å². The highest BCUT2D eigenvalue weighted by atomic mass is 32.1. The number of fused-ring (bicyclic) bond motifs is 1. The van der Waals surface area contributed by atoms with Gasteiger partial charge in [-0.3, -0.25) is 14.5 Å². The van der Waals surface area contributed by atoms with Crippen molar-refractivity contribution >= 4 is 44.1 Å². The van der Waals surface area contributed by atoms with Crippen molar-refractivity contribution in [2.24, 2.45) is 0 Å². The molecule has 1 unspecified atom stereocenters. The van der Waals surface area contributed by atoms with E-state index in [9.17, 15) is 19.1 Å². The third-order valence-corrected chi connectivity index (χ3v) is 7.58. The zero-order chi connectivity index (χ0) is 27.5. The van der Waals surface area contributed by atoms with Crippen LogP contribution >= 0.6 is 11.3 Å². The van der Waals surface area contributed by atoms with Crippen LogP contribution in [0.5, 0.6) is 11.5 Å². The number of rotatable bonds is 9. The summed E-state index contributed by atoms with van der Waals surface area (Å²) < 4.78 is 25.4. The van der Waals surface area contributed by atoms with Gasteiger partial charge in [-0.05, 0) is 66.6 Å². The lowest BCUT2D eigenvalue weighted by molar-refractivity contribution is -0.132. The van der Waals surface area contributed by atoms with Gasteiger partial charge in [0.15, 0.2) is 5.13 Å². The van der Waals surface area contributed by atoms with Crippen molar-refractivity contribution in [3.8, 4) is 11.5 Å². The quantitative estimate of drug-likeness (QED) is 0.110. The van der Waals surface area contributed by atoms with Crippen LogP contribution in [-0.2, 0) is 9.59 Å². The summed E-state index contributed by atoms with van der Waals surface area (Å²) in [6.45, 7) is 2.71. The average Bonchev–Trinajstić information content (AvgIpc) is 3.48. The number of hydrogen-bond acceptors (Lipinski definition) is 7. The first-order valence-electron chi connectivity index (χ1n) is 12.7. The topological polar surface area (TPSA) is 89.0 Å². The number of aliphatic hydroxyl groups is 1. The van der Waals surface area contributed by atoms with Gasteiger partial charge < -0.3 is 14.6 Å². The summed E-state index contributed by atoms with van der Waals surface area (Å²) in [5.41, 5.74) is 1.40. The van der Waals surface area contributed by atoms with E-state index in [1.54, 1.807) is 48.5 Å². The number of methoxy groups -OCH3 is 1. The Morgan fingerprint density at radius 1 is 1.03 bits per heavy atom. The second-order valence-electron chi connectivity index (χ2n) is 9.13. The Kier molecular flexibility index (Phi) is 7.60. The van der Waals surface area contributed by atoms with Crippen LogP contribution in [0.3, 0.4) is 0 Å². The molecular weight excluding hydrogens is 519 g/mol. The summed E-state index contributed by atoms with van der Waals surface area (Å²) >= 11 is 1.10. The highest BCUT2D eigenvalue weighted by molar-refractivity contribution is 7.22. The number of aromatic nitrogens is 1. The number of thiazole rings is 1. The molecule has 1 aromatic heterocycles. The maximum absolute atomic E-state index is 13.9.